The third kappa shape index (κ3) is 3.56. The Kier molecular flexibility index (Phi) is 5.41. The first kappa shape index (κ1) is 17.1. The maximum Gasteiger partial charge on any atom is 0.316 e. The minimum Gasteiger partial charge on any atom is -0.468 e. The molecule has 116 valence electrons. The van der Waals surface area contributed by atoms with Gasteiger partial charge in [-0.1, -0.05) is 0 Å². The molecule has 2 atom stereocenters. The Bertz CT molecular complexity index is 504. The summed E-state index contributed by atoms with van der Waals surface area (Å²) in [5, 5.41) is 0. The van der Waals surface area contributed by atoms with Crippen LogP contribution >= 0.6 is 0 Å². The van der Waals surface area contributed by atoms with Gasteiger partial charge in [-0.05, 0) is 39.2 Å². The van der Waals surface area contributed by atoms with Gasteiger partial charge in [0.05, 0.1) is 12.5 Å². The molecule has 1 rings (SSSR count). The molecule has 0 N–H and O–H groups in total. The van der Waals surface area contributed by atoms with Crippen molar-refractivity contribution in [2.45, 2.75) is 46.1 Å². The first-order valence-electron chi connectivity index (χ1n) is 6.70. The summed E-state index contributed by atoms with van der Waals surface area (Å²) < 4.78 is 9.98. The average molecular weight is 296 g/mol. The quantitative estimate of drug-likeness (QED) is 0.432. The number of carbonyl (C=O) groups excluding carboxylic acids is 4. The Morgan fingerprint density at radius 1 is 1.38 bits per heavy atom. The zero-order valence-corrected chi connectivity index (χ0v) is 12.7. The summed E-state index contributed by atoms with van der Waals surface area (Å²) in [5.74, 6) is -1.40. The van der Waals surface area contributed by atoms with E-state index in [0.717, 1.165) is 0 Å². The molecular weight excluding hydrogens is 276 g/mol. The topological polar surface area (TPSA) is 86.7 Å². The van der Waals surface area contributed by atoms with Gasteiger partial charge in [0.15, 0.2) is 0 Å². The van der Waals surface area contributed by atoms with Crippen LogP contribution in [0.4, 0.5) is 0 Å². The second-order valence-electron chi connectivity index (χ2n) is 5.43. The zero-order valence-electron chi connectivity index (χ0n) is 12.7. The summed E-state index contributed by atoms with van der Waals surface area (Å²) in [6.07, 6.45) is 0.461. The predicted octanol–water partition coefficient (Wildman–Crippen LogP) is 1.37. The second-order valence-corrected chi connectivity index (χ2v) is 5.43. The van der Waals surface area contributed by atoms with Crippen LogP contribution in [0, 0.1) is 5.41 Å². The molecule has 0 saturated carbocycles. The lowest BCUT2D eigenvalue weighted by atomic mass is 9.71. The van der Waals surface area contributed by atoms with Crippen LogP contribution in [-0.4, -0.2) is 37.2 Å². The summed E-state index contributed by atoms with van der Waals surface area (Å²) in [5.41, 5.74) is -0.216. The van der Waals surface area contributed by atoms with Crippen molar-refractivity contribution >= 4 is 24.0 Å². The highest BCUT2D eigenvalue weighted by Crippen LogP contribution is 2.41. The van der Waals surface area contributed by atoms with Crippen LogP contribution < -0.4 is 0 Å². The van der Waals surface area contributed by atoms with Crippen LogP contribution in [0.15, 0.2) is 11.1 Å². The molecule has 0 aromatic carbocycles. The number of ether oxygens (including phenoxy) is 2. The number of hydrogen-bond donors (Lipinski definition) is 0. The zero-order chi connectivity index (χ0) is 16.2. The van der Waals surface area contributed by atoms with E-state index in [1.807, 2.05) is 0 Å². The fourth-order valence-corrected chi connectivity index (χ4v) is 2.59. The van der Waals surface area contributed by atoms with Gasteiger partial charge in [-0.3, -0.25) is 19.2 Å². The molecule has 0 saturated heterocycles. The van der Waals surface area contributed by atoms with E-state index in [2.05, 4.69) is 0 Å². The Morgan fingerprint density at radius 3 is 2.48 bits per heavy atom. The number of methoxy groups -OCH3 is 1. The largest absolute Gasteiger partial charge is 0.468 e. The number of rotatable bonds is 5. The lowest BCUT2D eigenvalue weighted by molar-refractivity contribution is -0.153. The Balaban J connectivity index is 3.02. The van der Waals surface area contributed by atoms with Gasteiger partial charge in [0.1, 0.15) is 24.6 Å². The molecule has 0 radical (unpaired) electrons. The van der Waals surface area contributed by atoms with Gasteiger partial charge >= 0.3 is 11.9 Å². The van der Waals surface area contributed by atoms with Crippen molar-refractivity contribution in [1.82, 2.24) is 0 Å². The highest BCUT2D eigenvalue weighted by molar-refractivity contribution is 5.94. The minimum absolute atomic E-state index is 0.279. The molecule has 1 aliphatic carbocycles. The van der Waals surface area contributed by atoms with Crippen LogP contribution in [0.5, 0.6) is 0 Å². The van der Waals surface area contributed by atoms with Crippen molar-refractivity contribution in [3.05, 3.63) is 11.1 Å². The number of aldehydes is 1. The fourth-order valence-electron chi connectivity index (χ4n) is 2.59. The van der Waals surface area contributed by atoms with Gasteiger partial charge in [-0.2, -0.15) is 0 Å². The molecule has 0 spiro atoms. The molecule has 0 amide bonds. The molecule has 0 fully saturated rings. The first-order chi connectivity index (χ1) is 9.76. The lowest BCUT2D eigenvalue weighted by Gasteiger charge is -2.36. The van der Waals surface area contributed by atoms with Crippen molar-refractivity contribution < 1.29 is 28.7 Å². The van der Waals surface area contributed by atoms with E-state index < -0.39 is 23.5 Å². The van der Waals surface area contributed by atoms with Crippen LogP contribution in [0.3, 0.4) is 0 Å². The molecule has 2 unspecified atom stereocenters. The van der Waals surface area contributed by atoms with Crippen LogP contribution in [0.1, 0.15) is 40.0 Å². The van der Waals surface area contributed by atoms with E-state index in [-0.39, 0.29) is 17.8 Å². The molecule has 6 nitrogen and oxygen atoms in total. The Labute approximate surface area is 123 Å². The number of carbonyl (C=O) groups is 4. The van der Waals surface area contributed by atoms with Gasteiger partial charge in [0.2, 0.25) is 0 Å². The van der Waals surface area contributed by atoms with Crippen LogP contribution in [-0.2, 0) is 28.7 Å². The first-order valence-corrected chi connectivity index (χ1v) is 6.70. The summed E-state index contributed by atoms with van der Waals surface area (Å²) in [4.78, 5) is 45.7. The van der Waals surface area contributed by atoms with Gasteiger partial charge in [-0.25, -0.2) is 0 Å². The molecule has 0 aromatic heterocycles. The van der Waals surface area contributed by atoms with E-state index >= 15 is 0 Å². The number of esters is 2. The van der Waals surface area contributed by atoms with E-state index in [9.17, 15) is 19.2 Å². The van der Waals surface area contributed by atoms with Crippen LogP contribution in [0.2, 0.25) is 0 Å². The second kappa shape index (κ2) is 6.65. The summed E-state index contributed by atoms with van der Waals surface area (Å²) in [6.45, 7) is 4.59. The van der Waals surface area contributed by atoms with E-state index in [1.54, 1.807) is 13.8 Å². The molecule has 1 aliphatic rings. The molecular formula is C15H20O6. The van der Waals surface area contributed by atoms with Crippen molar-refractivity contribution in [2.75, 3.05) is 7.11 Å². The smallest absolute Gasteiger partial charge is 0.316 e. The fraction of sp³-hybridized carbons (Fsp3) is 0.600. The predicted molar refractivity (Wildman–Crippen MR) is 73.3 cm³/mol. The lowest BCUT2D eigenvalue weighted by Crippen LogP contribution is -2.39. The van der Waals surface area contributed by atoms with E-state index in [0.29, 0.717) is 24.7 Å². The van der Waals surface area contributed by atoms with Crippen molar-refractivity contribution in [1.29, 1.82) is 0 Å². The third-order valence-electron chi connectivity index (χ3n) is 3.83. The van der Waals surface area contributed by atoms with Crippen molar-refractivity contribution in [3.8, 4) is 0 Å². The monoisotopic (exact) mass is 296 g/mol. The van der Waals surface area contributed by atoms with E-state index in [1.165, 1.54) is 14.0 Å². The average Bonchev–Trinajstić information content (AvgIpc) is 2.41. The van der Waals surface area contributed by atoms with Gasteiger partial charge < -0.3 is 9.47 Å². The standard InChI is InChI=1S/C15H20O6/c1-9(17)7-13(18)21-12-5-6-15(3,14(19)20-4)11(8-16)10(12)2/h8,12H,5-7H2,1-4H3. The maximum atomic E-state index is 11.9. The maximum absolute atomic E-state index is 11.9. The number of hydrogen-bond acceptors (Lipinski definition) is 6. The third-order valence-corrected chi connectivity index (χ3v) is 3.83. The van der Waals surface area contributed by atoms with Gasteiger partial charge in [0, 0.05) is 5.57 Å². The SMILES string of the molecule is COC(=O)C1(C)CCC(OC(=O)CC(C)=O)C(C)=C1C=O. The molecule has 21 heavy (non-hydrogen) atoms. The van der Waals surface area contributed by atoms with Crippen molar-refractivity contribution in [3.63, 3.8) is 0 Å². The molecule has 6 heteroatoms. The van der Waals surface area contributed by atoms with Gasteiger partial charge in [-0.15, -0.1) is 0 Å². The summed E-state index contributed by atoms with van der Waals surface area (Å²) >= 11 is 0. The Morgan fingerprint density at radius 2 is 2.00 bits per heavy atom. The highest BCUT2D eigenvalue weighted by atomic mass is 16.5. The van der Waals surface area contributed by atoms with Crippen molar-refractivity contribution in [2.24, 2.45) is 5.41 Å². The molecule has 0 aliphatic heterocycles. The molecule has 0 bridgehead atoms. The van der Waals surface area contributed by atoms with Gasteiger partial charge in [0.25, 0.3) is 0 Å². The highest BCUT2D eigenvalue weighted by Gasteiger charge is 2.44. The number of ketones is 1. The van der Waals surface area contributed by atoms with Crippen LogP contribution in [0.25, 0.3) is 0 Å². The summed E-state index contributed by atoms with van der Waals surface area (Å²) in [6, 6.07) is 0. The molecule has 0 aromatic rings. The molecule has 0 heterocycles. The minimum atomic E-state index is -1.02. The number of Topliss-reactive ketones (excluding diaryl/α,β-unsaturated/α-hetero) is 1. The van der Waals surface area contributed by atoms with E-state index in [4.69, 9.17) is 9.47 Å². The normalized spacial score (nSPS) is 25.2. The summed E-state index contributed by atoms with van der Waals surface area (Å²) in [7, 11) is 1.27. The Hall–Kier alpha value is -1.98.